The highest BCUT2D eigenvalue weighted by Gasteiger charge is 2.23. The predicted octanol–water partition coefficient (Wildman–Crippen LogP) is 3.36. The largest absolute Gasteiger partial charge is 0.491 e. The highest BCUT2D eigenvalue weighted by molar-refractivity contribution is 7.13. The van der Waals surface area contributed by atoms with Gasteiger partial charge in [0.25, 0.3) is 0 Å². The van der Waals surface area contributed by atoms with Gasteiger partial charge in [0.15, 0.2) is 0 Å². The number of ether oxygens (including phenoxy) is 1. The number of rotatable bonds is 4. The van der Waals surface area contributed by atoms with Crippen LogP contribution in [0.25, 0.3) is 10.6 Å². The van der Waals surface area contributed by atoms with Gasteiger partial charge in [-0.3, -0.25) is 5.10 Å². The van der Waals surface area contributed by atoms with Crippen molar-refractivity contribution in [2.24, 2.45) is 0 Å². The van der Waals surface area contributed by atoms with Crippen molar-refractivity contribution in [1.82, 2.24) is 15.5 Å². The van der Waals surface area contributed by atoms with E-state index in [-0.39, 0.29) is 6.04 Å². The zero-order valence-corrected chi connectivity index (χ0v) is 12.2. The molecule has 0 saturated carbocycles. The molecule has 0 bridgehead atoms. The molecule has 1 aromatic carbocycles. The van der Waals surface area contributed by atoms with Crippen molar-refractivity contribution < 1.29 is 4.74 Å². The van der Waals surface area contributed by atoms with Crippen molar-refractivity contribution in [3.8, 4) is 16.3 Å². The number of H-pyrrole nitrogens is 1. The third kappa shape index (κ3) is 2.34. The Balaban J connectivity index is 1.51. The van der Waals surface area contributed by atoms with E-state index in [9.17, 15) is 0 Å². The van der Waals surface area contributed by atoms with E-state index < -0.39 is 0 Å². The smallest absolute Gasteiger partial charge is 0.124 e. The molecule has 2 N–H and O–H groups in total. The lowest BCUT2D eigenvalue weighted by atomic mass is 10.1. The summed E-state index contributed by atoms with van der Waals surface area (Å²) in [6.45, 7) is 1.46. The van der Waals surface area contributed by atoms with Crippen molar-refractivity contribution in [1.29, 1.82) is 0 Å². The third-order valence-electron chi connectivity index (χ3n) is 3.72. The molecule has 3 aromatic rings. The lowest BCUT2D eigenvalue weighted by Crippen LogP contribution is -2.22. The standard InChI is InChI=1S/C16H15N3OS/c1-2-5-14-12(4-1)13(10-20-14)17-8-11-9-18-19-16(11)15-6-3-7-21-15/h1-7,9,13,17H,8,10H2,(H,18,19). The van der Waals surface area contributed by atoms with Gasteiger partial charge in [-0.1, -0.05) is 24.3 Å². The first-order valence-electron chi connectivity index (χ1n) is 6.93. The SMILES string of the molecule is c1csc(-c2[nH]ncc2CNC2COc3ccccc32)c1. The maximum absolute atomic E-state index is 5.70. The average Bonchev–Trinajstić information content (AvgIpc) is 3.25. The second-order valence-corrected chi connectivity index (χ2v) is 5.98. The molecule has 5 heteroatoms. The Morgan fingerprint density at radius 2 is 2.24 bits per heavy atom. The quantitative estimate of drug-likeness (QED) is 0.776. The summed E-state index contributed by atoms with van der Waals surface area (Å²) in [6.07, 6.45) is 1.89. The number of thiophene rings is 1. The molecule has 0 spiro atoms. The zero-order chi connectivity index (χ0) is 14.1. The number of para-hydroxylation sites is 1. The second kappa shape index (κ2) is 5.35. The van der Waals surface area contributed by atoms with Crippen molar-refractivity contribution in [2.45, 2.75) is 12.6 Å². The number of nitrogens with one attached hydrogen (secondary N) is 2. The highest BCUT2D eigenvalue weighted by atomic mass is 32.1. The van der Waals surface area contributed by atoms with Crippen molar-refractivity contribution in [3.05, 3.63) is 59.1 Å². The Labute approximate surface area is 126 Å². The molecule has 0 aliphatic carbocycles. The van der Waals surface area contributed by atoms with Crippen LogP contribution >= 0.6 is 11.3 Å². The fourth-order valence-corrected chi connectivity index (χ4v) is 3.40. The second-order valence-electron chi connectivity index (χ2n) is 5.03. The van der Waals surface area contributed by atoms with E-state index in [0.29, 0.717) is 6.61 Å². The molecule has 21 heavy (non-hydrogen) atoms. The van der Waals surface area contributed by atoms with Crippen molar-refractivity contribution in [2.75, 3.05) is 6.61 Å². The summed E-state index contributed by atoms with van der Waals surface area (Å²) in [5.74, 6) is 0.987. The summed E-state index contributed by atoms with van der Waals surface area (Å²) in [5, 5.41) is 12.9. The van der Waals surface area contributed by atoms with E-state index in [1.807, 2.05) is 18.3 Å². The Morgan fingerprint density at radius 3 is 3.14 bits per heavy atom. The molecule has 0 radical (unpaired) electrons. The number of nitrogens with zero attached hydrogens (tertiary/aromatic N) is 1. The number of fused-ring (bicyclic) bond motifs is 1. The van der Waals surface area contributed by atoms with Gasteiger partial charge in [-0.05, 0) is 17.5 Å². The Kier molecular flexibility index (Phi) is 3.21. The number of benzene rings is 1. The summed E-state index contributed by atoms with van der Waals surface area (Å²) < 4.78 is 5.70. The predicted molar refractivity (Wildman–Crippen MR) is 83.4 cm³/mol. The van der Waals surface area contributed by atoms with E-state index in [1.165, 1.54) is 16.0 Å². The maximum Gasteiger partial charge on any atom is 0.124 e. The van der Waals surface area contributed by atoms with Crippen LogP contribution in [0.4, 0.5) is 0 Å². The normalized spacial score (nSPS) is 16.7. The fraction of sp³-hybridized carbons (Fsp3) is 0.188. The van der Waals surface area contributed by atoms with Crippen LogP contribution in [0, 0.1) is 0 Å². The van der Waals surface area contributed by atoms with Crippen LogP contribution in [0.2, 0.25) is 0 Å². The summed E-state index contributed by atoms with van der Waals surface area (Å²) in [6, 6.07) is 12.6. The summed E-state index contributed by atoms with van der Waals surface area (Å²) >= 11 is 1.72. The van der Waals surface area contributed by atoms with Crippen LogP contribution in [0.5, 0.6) is 5.75 Å². The lowest BCUT2D eigenvalue weighted by Gasteiger charge is -2.11. The minimum absolute atomic E-state index is 0.243. The van der Waals surface area contributed by atoms with Gasteiger partial charge in [-0.25, -0.2) is 0 Å². The van der Waals surface area contributed by atoms with Crippen molar-refractivity contribution >= 4 is 11.3 Å². The van der Waals surface area contributed by atoms with E-state index in [0.717, 1.165) is 18.0 Å². The van der Waals surface area contributed by atoms with Gasteiger partial charge >= 0.3 is 0 Å². The first-order chi connectivity index (χ1) is 10.4. The third-order valence-corrected chi connectivity index (χ3v) is 4.61. The van der Waals surface area contributed by atoms with Crippen LogP contribution in [-0.2, 0) is 6.54 Å². The van der Waals surface area contributed by atoms with Gasteiger partial charge < -0.3 is 10.1 Å². The molecule has 0 fully saturated rings. The van der Waals surface area contributed by atoms with Crippen LogP contribution < -0.4 is 10.1 Å². The fourth-order valence-electron chi connectivity index (χ4n) is 2.64. The number of aromatic nitrogens is 2. The van der Waals surface area contributed by atoms with E-state index in [1.54, 1.807) is 11.3 Å². The van der Waals surface area contributed by atoms with Gasteiger partial charge in [0.1, 0.15) is 12.4 Å². The highest BCUT2D eigenvalue weighted by Crippen LogP contribution is 2.32. The van der Waals surface area contributed by atoms with Crippen LogP contribution in [0.15, 0.2) is 48.0 Å². The Morgan fingerprint density at radius 1 is 1.29 bits per heavy atom. The van der Waals surface area contributed by atoms with E-state index in [4.69, 9.17) is 4.74 Å². The molecule has 0 amide bonds. The van der Waals surface area contributed by atoms with Gasteiger partial charge in [0.2, 0.25) is 0 Å². The maximum atomic E-state index is 5.70. The topological polar surface area (TPSA) is 49.9 Å². The van der Waals surface area contributed by atoms with Gasteiger partial charge in [-0.2, -0.15) is 5.10 Å². The molecule has 1 unspecified atom stereocenters. The lowest BCUT2D eigenvalue weighted by molar-refractivity contribution is 0.310. The van der Waals surface area contributed by atoms with E-state index in [2.05, 4.69) is 45.2 Å². The number of hydrogen-bond donors (Lipinski definition) is 2. The minimum atomic E-state index is 0.243. The first-order valence-corrected chi connectivity index (χ1v) is 7.81. The Hall–Kier alpha value is -2.11. The number of hydrogen-bond acceptors (Lipinski definition) is 4. The molecule has 4 nitrogen and oxygen atoms in total. The molecule has 2 aromatic heterocycles. The van der Waals surface area contributed by atoms with Crippen LogP contribution in [0.3, 0.4) is 0 Å². The molecule has 0 saturated heterocycles. The molecular weight excluding hydrogens is 282 g/mol. The molecule has 1 aliphatic heterocycles. The van der Waals surface area contributed by atoms with Gasteiger partial charge in [0.05, 0.1) is 22.8 Å². The first kappa shape index (κ1) is 12.6. The van der Waals surface area contributed by atoms with Crippen LogP contribution in [-0.4, -0.2) is 16.8 Å². The van der Waals surface area contributed by atoms with E-state index >= 15 is 0 Å². The summed E-state index contributed by atoms with van der Waals surface area (Å²) in [5.41, 5.74) is 3.52. The molecular formula is C16H15N3OS. The molecule has 106 valence electrons. The van der Waals surface area contributed by atoms with Crippen molar-refractivity contribution in [3.63, 3.8) is 0 Å². The molecule has 1 atom stereocenters. The van der Waals surface area contributed by atoms with Gasteiger partial charge in [-0.15, -0.1) is 11.3 Å². The molecule has 1 aliphatic rings. The summed E-state index contributed by atoms with van der Waals surface area (Å²) in [7, 11) is 0. The summed E-state index contributed by atoms with van der Waals surface area (Å²) in [4.78, 5) is 1.22. The zero-order valence-electron chi connectivity index (χ0n) is 11.4. The number of aromatic amines is 1. The van der Waals surface area contributed by atoms with Crippen LogP contribution in [0.1, 0.15) is 17.2 Å². The Bertz CT molecular complexity index is 736. The molecule has 4 rings (SSSR count). The average molecular weight is 297 g/mol. The minimum Gasteiger partial charge on any atom is -0.491 e. The molecule has 3 heterocycles. The van der Waals surface area contributed by atoms with Gasteiger partial charge in [0, 0.05) is 17.7 Å². The monoisotopic (exact) mass is 297 g/mol.